The molecule has 1 amide bonds. The fraction of sp³-hybridized carbons (Fsp3) is 0. The van der Waals surface area contributed by atoms with Crippen molar-refractivity contribution in [2.45, 2.75) is 0 Å². The minimum atomic E-state index is -0.391. The van der Waals surface area contributed by atoms with E-state index < -0.39 is 5.82 Å². The highest BCUT2D eigenvalue weighted by Gasteiger charge is 2.09. The molecule has 0 spiro atoms. The lowest BCUT2D eigenvalue weighted by molar-refractivity contribution is 0.102. The summed E-state index contributed by atoms with van der Waals surface area (Å²) in [5.74, 6) is -0.664. The van der Waals surface area contributed by atoms with E-state index in [0.29, 0.717) is 11.3 Å². The summed E-state index contributed by atoms with van der Waals surface area (Å²) in [4.78, 5) is 12.2. The van der Waals surface area contributed by atoms with Gasteiger partial charge in [-0.05, 0) is 57.0 Å². The first-order valence-electron chi connectivity index (χ1n) is 6.39. The molecule has 3 rings (SSSR count). The number of anilines is 1. The Labute approximate surface area is 129 Å². The normalized spacial score (nSPS) is 10.6. The predicted octanol–water partition coefficient (Wildman–Crippen LogP) is 4.99. The molecule has 1 N–H and O–H groups in total. The minimum Gasteiger partial charge on any atom is -0.322 e. The summed E-state index contributed by atoms with van der Waals surface area (Å²) >= 11 is 3.08. The molecule has 0 aliphatic carbocycles. The highest BCUT2D eigenvalue weighted by atomic mass is 79.9. The number of nitrogens with one attached hydrogen (secondary N) is 1. The standard InChI is InChI=1S/C17H11BrFNO/c18-15-10-13(6-8-16(15)19)17(21)20-14-7-5-11-3-1-2-4-12(11)9-14/h1-10H,(H,20,21). The van der Waals surface area contributed by atoms with Crippen molar-refractivity contribution in [2.24, 2.45) is 0 Å². The Hall–Kier alpha value is -2.20. The van der Waals surface area contributed by atoms with Gasteiger partial charge in [-0.1, -0.05) is 30.3 Å². The van der Waals surface area contributed by atoms with Crippen molar-refractivity contribution >= 4 is 38.3 Å². The minimum absolute atomic E-state index is 0.272. The van der Waals surface area contributed by atoms with Crippen LogP contribution in [-0.4, -0.2) is 5.91 Å². The van der Waals surface area contributed by atoms with Crippen molar-refractivity contribution in [3.63, 3.8) is 0 Å². The average molecular weight is 344 g/mol. The molecule has 0 aliphatic heterocycles. The summed E-state index contributed by atoms with van der Waals surface area (Å²) in [6, 6.07) is 17.8. The molecule has 3 aromatic carbocycles. The number of rotatable bonds is 2. The number of benzene rings is 3. The van der Waals surface area contributed by atoms with Gasteiger partial charge in [-0.25, -0.2) is 4.39 Å². The number of fused-ring (bicyclic) bond motifs is 1. The Morgan fingerprint density at radius 3 is 2.48 bits per heavy atom. The number of carbonyl (C=O) groups excluding carboxylic acids is 1. The molecule has 0 saturated carbocycles. The lowest BCUT2D eigenvalue weighted by Gasteiger charge is -2.07. The second kappa shape index (κ2) is 5.66. The van der Waals surface area contributed by atoms with E-state index >= 15 is 0 Å². The van der Waals surface area contributed by atoms with Crippen LogP contribution in [0.1, 0.15) is 10.4 Å². The zero-order valence-corrected chi connectivity index (χ0v) is 12.5. The Morgan fingerprint density at radius 1 is 0.952 bits per heavy atom. The zero-order valence-electron chi connectivity index (χ0n) is 10.9. The highest BCUT2D eigenvalue weighted by molar-refractivity contribution is 9.10. The van der Waals surface area contributed by atoms with Crippen molar-refractivity contribution in [3.8, 4) is 0 Å². The number of hydrogen-bond acceptors (Lipinski definition) is 1. The van der Waals surface area contributed by atoms with Crippen LogP contribution in [0.2, 0.25) is 0 Å². The van der Waals surface area contributed by atoms with Gasteiger partial charge in [0.05, 0.1) is 4.47 Å². The van der Waals surface area contributed by atoms with Gasteiger partial charge in [0, 0.05) is 11.3 Å². The second-order valence-electron chi connectivity index (χ2n) is 4.64. The molecule has 0 aliphatic rings. The summed E-state index contributed by atoms with van der Waals surface area (Å²) in [7, 11) is 0. The molecule has 0 saturated heterocycles. The van der Waals surface area contributed by atoms with Crippen molar-refractivity contribution in [1.29, 1.82) is 0 Å². The molecule has 0 unspecified atom stereocenters. The van der Waals surface area contributed by atoms with Crippen LogP contribution in [0.3, 0.4) is 0 Å². The monoisotopic (exact) mass is 343 g/mol. The van der Waals surface area contributed by atoms with Crippen LogP contribution in [0.25, 0.3) is 10.8 Å². The van der Waals surface area contributed by atoms with E-state index in [9.17, 15) is 9.18 Å². The third kappa shape index (κ3) is 2.95. The van der Waals surface area contributed by atoms with Gasteiger partial charge in [-0.2, -0.15) is 0 Å². The van der Waals surface area contributed by atoms with Crippen molar-refractivity contribution in [3.05, 3.63) is 76.5 Å². The molecule has 0 aromatic heterocycles. The molecular weight excluding hydrogens is 333 g/mol. The van der Waals surface area contributed by atoms with Crippen LogP contribution in [0, 0.1) is 5.82 Å². The number of carbonyl (C=O) groups is 1. The van der Waals surface area contributed by atoms with Crippen molar-refractivity contribution in [1.82, 2.24) is 0 Å². The molecule has 0 bridgehead atoms. The van der Waals surface area contributed by atoms with Crippen LogP contribution in [0.15, 0.2) is 65.1 Å². The van der Waals surface area contributed by atoms with E-state index in [1.807, 2.05) is 42.5 Å². The fourth-order valence-corrected chi connectivity index (χ4v) is 2.49. The van der Waals surface area contributed by atoms with Crippen molar-refractivity contribution in [2.75, 3.05) is 5.32 Å². The van der Waals surface area contributed by atoms with Gasteiger partial charge in [-0.15, -0.1) is 0 Å². The molecule has 2 nitrogen and oxygen atoms in total. The molecule has 21 heavy (non-hydrogen) atoms. The summed E-state index contributed by atoms with van der Waals surface area (Å²) < 4.78 is 13.5. The molecule has 0 heterocycles. The Balaban J connectivity index is 1.87. The second-order valence-corrected chi connectivity index (χ2v) is 5.50. The van der Waals surface area contributed by atoms with E-state index in [0.717, 1.165) is 10.8 Å². The number of hydrogen-bond donors (Lipinski definition) is 1. The SMILES string of the molecule is O=C(Nc1ccc2ccccc2c1)c1ccc(F)c(Br)c1. The molecule has 3 aromatic rings. The van der Waals surface area contributed by atoms with Gasteiger partial charge >= 0.3 is 0 Å². The summed E-state index contributed by atoms with van der Waals surface area (Å²) in [6.45, 7) is 0. The molecule has 0 radical (unpaired) electrons. The Bertz CT molecular complexity index is 832. The van der Waals surface area contributed by atoms with E-state index in [1.54, 1.807) is 0 Å². The zero-order chi connectivity index (χ0) is 14.8. The molecule has 4 heteroatoms. The Morgan fingerprint density at radius 2 is 1.71 bits per heavy atom. The quantitative estimate of drug-likeness (QED) is 0.697. The number of halogens is 2. The molecule has 104 valence electrons. The lowest BCUT2D eigenvalue weighted by atomic mass is 10.1. The van der Waals surface area contributed by atoms with Crippen LogP contribution in [0.5, 0.6) is 0 Å². The maximum absolute atomic E-state index is 13.2. The first-order chi connectivity index (χ1) is 10.1. The van der Waals surface area contributed by atoms with Gasteiger partial charge in [0.1, 0.15) is 5.82 Å². The lowest BCUT2D eigenvalue weighted by Crippen LogP contribution is -2.11. The van der Waals surface area contributed by atoms with Gasteiger partial charge in [0.25, 0.3) is 5.91 Å². The largest absolute Gasteiger partial charge is 0.322 e. The van der Waals surface area contributed by atoms with Crippen LogP contribution < -0.4 is 5.32 Å². The average Bonchev–Trinajstić information content (AvgIpc) is 2.50. The first kappa shape index (κ1) is 13.8. The maximum Gasteiger partial charge on any atom is 0.255 e. The first-order valence-corrected chi connectivity index (χ1v) is 7.18. The Kier molecular flexibility index (Phi) is 3.71. The third-order valence-electron chi connectivity index (χ3n) is 3.19. The van der Waals surface area contributed by atoms with Gasteiger partial charge in [0.15, 0.2) is 0 Å². The third-order valence-corrected chi connectivity index (χ3v) is 3.80. The smallest absolute Gasteiger partial charge is 0.255 e. The highest BCUT2D eigenvalue weighted by Crippen LogP contribution is 2.21. The van der Waals surface area contributed by atoms with Crippen molar-refractivity contribution < 1.29 is 9.18 Å². The van der Waals surface area contributed by atoms with E-state index in [4.69, 9.17) is 0 Å². The fourth-order valence-electron chi connectivity index (χ4n) is 2.11. The summed E-state index contributed by atoms with van der Waals surface area (Å²) in [6.07, 6.45) is 0. The summed E-state index contributed by atoms with van der Waals surface area (Å²) in [5.41, 5.74) is 1.11. The molecular formula is C17H11BrFNO. The van der Waals surface area contributed by atoms with E-state index in [-0.39, 0.29) is 10.4 Å². The van der Waals surface area contributed by atoms with Gasteiger partial charge in [0.2, 0.25) is 0 Å². The van der Waals surface area contributed by atoms with E-state index in [2.05, 4.69) is 21.2 Å². The number of amides is 1. The predicted molar refractivity (Wildman–Crippen MR) is 86.0 cm³/mol. The van der Waals surface area contributed by atoms with Gasteiger partial charge in [-0.3, -0.25) is 4.79 Å². The van der Waals surface area contributed by atoms with E-state index in [1.165, 1.54) is 18.2 Å². The van der Waals surface area contributed by atoms with Crippen LogP contribution in [0.4, 0.5) is 10.1 Å². The molecule has 0 atom stereocenters. The van der Waals surface area contributed by atoms with Crippen LogP contribution in [-0.2, 0) is 0 Å². The topological polar surface area (TPSA) is 29.1 Å². The molecule has 0 fully saturated rings. The van der Waals surface area contributed by atoms with Crippen LogP contribution >= 0.6 is 15.9 Å². The maximum atomic E-state index is 13.2. The van der Waals surface area contributed by atoms with Gasteiger partial charge < -0.3 is 5.32 Å². The summed E-state index contributed by atoms with van der Waals surface area (Å²) in [5, 5.41) is 4.98.